The summed E-state index contributed by atoms with van der Waals surface area (Å²) < 4.78 is 0. The summed E-state index contributed by atoms with van der Waals surface area (Å²) in [6.07, 6.45) is 22.5. The van der Waals surface area contributed by atoms with Gasteiger partial charge in [-0.15, -0.1) is 12.8 Å². The molecule has 0 fully saturated rings. The molecule has 2 rings (SSSR count). The fraction of sp³-hybridized carbons (Fsp3) is 0.429. The van der Waals surface area contributed by atoms with E-state index >= 15 is 0 Å². The average molecular weight is 278 g/mol. The number of allylic oxidation sites excluding steroid dienone is 8. The van der Waals surface area contributed by atoms with Crippen LogP contribution < -0.4 is 0 Å². The van der Waals surface area contributed by atoms with Gasteiger partial charge in [-0.05, 0) is 0 Å². The molecule has 0 aliphatic heterocycles. The predicted molar refractivity (Wildman–Crippen MR) is 61.6 cm³/mol. The summed E-state index contributed by atoms with van der Waals surface area (Å²) in [4.78, 5) is 0. The van der Waals surface area contributed by atoms with Crippen LogP contribution in [0.25, 0.3) is 0 Å². The van der Waals surface area contributed by atoms with Crippen molar-refractivity contribution < 1.29 is 26.2 Å². The summed E-state index contributed by atoms with van der Waals surface area (Å²) >= 11 is 0. The first-order valence-corrected chi connectivity index (χ1v) is 5.41. The Balaban J connectivity index is 0.000000280. The molecule has 0 radical (unpaired) electrons. The molecule has 0 saturated heterocycles. The second-order valence-electron chi connectivity index (χ2n) is 3.42. The molecule has 0 atom stereocenters. The molecule has 0 aromatic carbocycles. The summed E-state index contributed by atoms with van der Waals surface area (Å²) in [6, 6.07) is 0. The van der Waals surface area contributed by atoms with Gasteiger partial charge in [0.1, 0.15) is 0 Å². The van der Waals surface area contributed by atoms with Gasteiger partial charge in [-0.3, -0.25) is 12.2 Å². The summed E-state index contributed by atoms with van der Waals surface area (Å²) in [7, 11) is 0. The van der Waals surface area contributed by atoms with Gasteiger partial charge >= 0.3 is 26.2 Å². The standard InChI is InChI=1S/C9H13.C5H5.Zr/c1-2-3-6-9-7-4-5-8-9;1-2-4-5-3-1;/h4,7H,2-3,5-6H2,1H3;1-3H,4H2;/q2*-1;+2. The molecule has 0 nitrogen and oxygen atoms in total. The summed E-state index contributed by atoms with van der Waals surface area (Å²) in [6.45, 7) is 2.22. The van der Waals surface area contributed by atoms with Crippen LogP contribution >= 0.6 is 0 Å². The van der Waals surface area contributed by atoms with Gasteiger partial charge in [0.05, 0.1) is 0 Å². The number of hydrogen-bond donors (Lipinski definition) is 0. The molecule has 0 aromatic rings. The van der Waals surface area contributed by atoms with Crippen molar-refractivity contribution >= 4 is 0 Å². The van der Waals surface area contributed by atoms with Gasteiger partial charge in [0.15, 0.2) is 0 Å². The molecular formula is C14H18Zr. The SMILES string of the molecule is CCCCC1=[C-]CC=C1.[C-]1=CC=CC1.[Zr+2]. The molecule has 0 bridgehead atoms. The maximum Gasteiger partial charge on any atom is 2.00 e. The van der Waals surface area contributed by atoms with E-state index in [9.17, 15) is 0 Å². The van der Waals surface area contributed by atoms with Gasteiger partial charge in [0.25, 0.3) is 0 Å². The Morgan fingerprint density at radius 1 is 1.27 bits per heavy atom. The van der Waals surface area contributed by atoms with Crippen LogP contribution in [0.1, 0.15) is 39.0 Å². The van der Waals surface area contributed by atoms with Crippen molar-refractivity contribution in [2.45, 2.75) is 39.0 Å². The molecule has 15 heavy (non-hydrogen) atoms. The van der Waals surface area contributed by atoms with Crippen LogP contribution in [0.15, 0.2) is 36.0 Å². The van der Waals surface area contributed by atoms with Crippen molar-refractivity contribution in [2.75, 3.05) is 0 Å². The summed E-state index contributed by atoms with van der Waals surface area (Å²) in [5, 5.41) is 0. The zero-order valence-electron chi connectivity index (χ0n) is 9.42. The van der Waals surface area contributed by atoms with E-state index in [0.29, 0.717) is 0 Å². The topological polar surface area (TPSA) is 0 Å². The van der Waals surface area contributed by atoms with Crippen molar-refractivity contribution in [3.05, 3.63) is 48.1 Å². The van der Waals surface area contributed by atoms with Crippen molar-refractivity contribution in [2.24, 2.45) is 0 Å². The fourth-order valence-corrected chi connectivity index (χ4v) is 1.33. The number of hydrogen-bond acceptors (Lipinski definition) is 0. The minimum Gasteiger partial charge on any atom is -0.273 e. The maximum atomic E-state index is 3.30. The van der Waals surface area contributed by atoms with Crippen LogP contribution in [0.3, 0.4) is 0 Å². The third-order valence-electron chi connectivity index (χ3n) is 2.15. The molecule has 2 aliphatic carbocycles. The van der Waals surface area contributed by atoms with Crippen molar-refractivity contribution in [3.63, 3.8) is 0 Å². The van der Waals surface area contributed by atoms with Gasteiger partial charge in [-0.1, -0.05) is 26.2 Å². The Bertz CT molecular complexity index is 247. The Hall–Kier alpha value is -0.157. The zero-order chi connectivity index (χ0) is 10.1. The molecule has 0 amide bonds. The van der Waals surface area contributed by atoms with Crippen LogP contribution in [-0.2, 0) is 26.2 Å². The minimum atomic E-state index is 0. The molecule has 0 unspecified atom stereocenters. The third-order valence-corrected chi connectivity index (χ3v) is 2.15. The van der Waals surface area contributed by atoms with E-state index in [-0.39, 0.29) is 26.2 Å². The average Bonchev–Trinajstić information content (AvgIpc) is 2.90. The quantitative estimate of drug-likeness (QED) is 0.679. The van der Waals surface area contributed by atoms with Crippen molar-refractivity contribution in [1.82, 2.24) is 0 Å². The van der Waals surface area contributed by atoms with E-state index in [4.69, 9.17) is 0 Å². The molecule has 0 N–H and O–H groups in total. The monoisotopic (exact) mass is 276 g/mol. The summed E-state index contributed by atoms with van der Waals surface area (Å²) in [5.41, 5.74) is 1.41. The van der Waals surface area contributed by atoms with E-state index in [0.717, 1.165) is 12.8 Å². The molecule has 1 heteroatoms. The van der Waals surface area contributed by atoms with Crippen LogP contribution in [0.2, 0.25) is 0 Å². The Labute approximate surface area is 113 Å². The van der Waals surface area contributed by atoms with Crippen LogP contribution in [-0.4, -0.2) is 0 Å². The van der Waals surface area contributed by atoms with Gasteiger partial charge in [-0.2, -0.15) is 12.2 Å². The minimum absolute atomic E-state index is 0. The first-order chi connectivity index (χ1) is 6.93. The molecule has 0 heterocycles. The third kappa shape index (κ3) is 7.74. The smallest absolute Gasteiger partial charge is 0.273 e. The van der Waals surface area contributed by atoms with Crippen molar-refractivity contribution in [3.8, 4) is 0 Å². The first kappa shape index (κ1) is 14.8. The van der Waals surface area contributed by atoms with Crippen LogP contribution in [0, 0.1) is 12.2 Å². The van der Waals surface area contributed by atoms with Gasteiger partial charge in [-0.25, -0.2) is 23.8 Å². The Morgan fingerprint density at radius 3 is 2.53 bits per heavy atom. The van der Waals surface area contributed by atoms with Crippen LogP contribution in [0.4, 0.5) is 0 Å². The molecular weight excluding hydrogens is 259 g/mol. The van der Waals surface area contributed by atoms with Crippen LogP contribution in [0.5, 0.6) is 0 Å². The maximum absolute atomic E-state index is 3.30. The zero-order valence-corrected chi connectivity index (χ0v) is 11.9. The van der Waals surface area contributed by atoms with E-state index in [1.807, 2.05) is 12.2 Å². The molecule has 0 saturated carbocycles. The van der Waals surface area contributed by atoms with Gasteiger partial charge in [0, 0.05) is 0 Å². The second kappa shape index (κ2) is 10.4. The fourth-order valence-electron chi connectivity index (χ4n) is 1.33. The van der Waals surface area contributed by atoms with Gasteiger partial charge < -0.3 is 0 Å². The first-order valence-electron chi connectivity index (χ1n) is 5.41. The molecule has 78 valence electrons. The van der Waals surface area contributed by atoms with E-state index in [1.54, 1.807) is 0 Å². The molecule has 0 spiro atoms. The largest absolute Gasteiger partial charge is 2.00 e. The Morgan fingerprint density at radius 2 is 2.13 bits per heavy atom. The molecule has 2 aliphatic rings. The summed E-state index contributed by atoms with van der Waals surface area (Å²) in [5.74, 6) is 0. The Kier molecular flexibility index (Phi) is 10.3. The second-order valence-corrected chi connectivity index (χ2v) is 3.42. The number of unbranched alkanes of at least 4 members (excludes halogenated alkanes) is 1. The predicted octanol–water partition coefficient (Wildman–Crippen LogP) is 4.17. The number of rotatable bonds is 3. The van der Waals surface area contributed by atoms with Gasteiger partial charge in [0.2, 0.25) is 0 Å². The normalized spacial score (nSPS) is 15.7. The molecule has 0 aromatic heterocycles. The van der Waals surface area contributed by atoms with E-state index in [1.165, 1.54) is 24.8 Å². The van der Waals surface area contributed by atoms with Crippen molar-refractivity contribution in [1.29, 1.82) is 0 Å². The van der Waals surface area contributed by atoms with E-state index in [2.05, 4.69) is 37.3 Å². The van der Waals surface area contributed by atoms with E-state index < -0.39 is 0 Å².